The average Bonchev–Trinajstić information content (AvgIpc) is 2.67. The van der Waals surface area contributed by atoms with Crippen LogP contribution in [0.25, 0.3) is 0 Å². The van der Waals surface area contributed by atoms with Gasteiger partial charge in [0.05, 0.1) is 27.8 Å². The summed E-state index contributed by atoms with van der Waals surface area (Å²) in [4.78, 5) is 24.0. The van der Waals surface area contributed by atoms with Gasteiger partial charge in [-0.2, -0.15) is 0 Å². The first-order valence-corrected chi connectivity index (χ1v) is 8.37. The second-order valence-corrected chi connectivity index (χ2v) is 6.06. The number of hydrogen-bond acceptors (Lipinski definition) is 5. The van der Waals surface area contributed by atoms with Gasteiger partial charge in [-0.15, -0.1) is 0 Å². The van der Waals surface area contributed by atoms with E-state index in [0.717, 1.165) is 0 Å². The van der Waals surface area contributed by atoms with Crippen LogP contribution in [0.4, 0.5) is 4.39 Å². The highest BCUT2D eigenvalue weighted by Gasteiger charge is 2.23. The van der Waals surface area contributed by atoms with Gasteiger partial charge in [0, 0.05) is 0 Å². The molecule has 7 nitrogen and oxygen atoms in total. The van der Waals surface area contributed by atoms with Gasteiger partial charge >= 0.3 is 5.97 Å². The summed E-state index contributed by atoms with van der Waals surface area (Å²) in [5.41, 5.74) is 1.12. The fourth-order valence-electron chi connectivity index (χ4n) is 2.77. The SMILES string of the molecule is COc1cc(CC(=O)NC(C(=O)O)c2ccc(F)c(C)c2)cc(OC)c1OC. The molecule has 0 aliphatic heterocycles. The summed E-state index contributed by atoms with van der Waals surface area (Å²) in [6.45, 7) is 1.52. The van der Waals surface area contributed by atoms with Crippen molar-refractivity contribution in [3.05, 3.63) is 52.8 Å². The standard InChI is InChI=1S/C20H22FNO6/c1-11-7-13(5-6-14(11)21)18(20(24)25)22-17(23)10-12-8-15(26-2)19(28-4)16(9-12)27-3/h5-9,18H,10H2,1-4H3,(H,22,23)(H,24,25). The Balaban J connectivity index is 2.23. The number of halogens is 1. The van der Waals surface area contributed by atoms with Gasteiger partial charge in [-0.1, -0.05) is 12.1 Å². The Kier molecular flexibility index (Phi) is 6.81. The summed E-state index contributed by atoms with van der Waals surface area (Å²) in [6.07, 6.45) is -0.110. The zero-order valence-corrected chi connectivity index (χ0v) is 16.0. The molecule has 0 saturated carbocycles. The molecule has 0 aliphatic carbocycles. The minimum atomic E-state index is -1.30. The molecule has 0 aromatic heterocycles. The number of ether oxygens (including phenoxy) is 3. The third kappa shape index (κ3) is 4.70. The van der Waals surface area contributed by atoms with Crippen LogP contribution >= 0.6 is 0 Å². The van der Waals surface area contributed by atoms with E-state index in [1.807, 2.05) is 0 Å². The maximum atomic E-state index is 13.4. The van der Waals surface area contributed by atoms with Crippen LogP contribution in [0.1, 0.15) is 22.7 Å². The minimum Gasteiger partial charge on any atom is -0.493 e. The second-order valence-electron chi connectivity index (χ2n) is 6.06. The molecule has 2 rings (SSSR count). The number of rotatable bonds is 8. The lowest BCUT2D eigenvalue weighted by molar-refractivity contribution is -0.142. The fraction of sp³-hybridized carbons (Fsp3) is 0.300. The zero-order chi connectivity index (χ0) is 20.8. The smallest absolute Gasteiger partial charge is 0.330 e. The summed E-state index contributed by atoms with van der Waals surface area (Å²) in [5, 5.41) is 11.9. The number of carbonyl (C=O) groups excluding carboxylic acids is 1. The van der Waals surface area contributed by atoms with Gasteiger partial charge in [0.15, 0.2) is 17.5 Å². The van der Waals surface area contributed by atoms with Crippen molar-refractivity contribution >= 4 is 11.9 Å². The molecule has 0 aliphatic rings. The molecule has 0 saturated heterocycles. The van der Waals surface area contributed by atoms with Crippen LogP contribution in [-0.2, 0) is 16.0 Å². The molecule has 2 N–H and O–H groups in total. The molecule has 2 aromatic rings. The number of aliphatic carboxylic acids is 1. The topological polar surface area (TPSA) is 94.1 Å². The van der Waals surface area contributed by atoms with Gasteiger partial charge in [-0.25, -0.2) is 9.18 Å². The number of carboxylic acids is 1. The van der Waals surface area contributed by atoms with Crippen LogP contribution in [0.2, 0.25) is 0 Å². The molecule has 1 unspecified atom stereocenters. The normalized spacial score (nSPS) is 11.5. The third-order valence-corrected chi connectivity index (χ3v) is 4.16. The molecule has 0 radical (unpaired) electrons. The quantitative estimate of drug-likeness (QED) is 0.719. The Morgan fingerprint density at radius 1 is 1.07 bits per heavy atom. The van der Waals surface area contributed by atoms with E-state index in [0.29, 0.717) is 28.4 Å². The molecule has 28 heavy (non-hydrogen) atoms. The number of methoxy groups -OCH3 is 3. The van der Waals surface area contributed by atoms with Crippen molar-refractivity contribution in [2.75, 3.05) is 21.3 Å². The Labute approximate surface area is 162 Å². The van der Waals surface area contributed by atoms with Crippen molar-refractivity contribution in [1.82, 2.24) is 5.32 Å². The Morgan fingerprint density at radius 2 is 1.68 bits per heavy atom. The minimum absolute atomic E-state index is 0.110. The van der Waals surface area contributed by atoms with Crippen LogP contribution in [0, 0.1) is 12.7 Å². The van der Waals surface area contributed by atoms with Gasteiger partial charge in [0.2, 0.25) is 11.7 Å². The van der Waals surface area contributed by atoms with Gasteiger partial charge in [0.1, 0.15) is 5.82 Å². The summed E-state index contributed by atoms with van der Waals surface area (Å²) < 4.78 is 29.2. The lowest BCUT2D eigenvalue weighted by Gasteiger charge is -2.17. The van der Waals surface area contributed by atoms with Crippen LogP contribution in [0.3, 0.4) is 0 Å². The van der Waals surface area contributed by atoms with Crippen LogP contribution in [-0.4, -0.2) is 38.3 Å². The lowest BCUT2D eigenvalue weighted by atomic mass is 10.0. The van der Waals surface area contributed by atoms with E-state index >= 15 is 0 Å². The van der Waals surface area contributed by atoms with Crippen molar-refractivity contribution in [3.63, 3.8) is 0 Å². The molecule has 0 bridgehead atoms. The largest absolute Gasteiger partial charge is 0.493 e. The van der Waals surface area contributed by atoms with Crippen molar-refractivity contribution in [2.24, 2.45) is 0 Å². The van der Waals surface area contributed by atoms with Gasteiger partial charge in [-0.05, 0) is 41.8 Å². The highest BCUT2D eigenvalue weighted by Crippen LogP contribution is 2.38. The predicted molar refractivity (Wildman–Crippen MR) is 99.5 cm³/mol. The van der Waals surface area contributed by atoms with E-state index < -0.39 is 23.7 Å². The van der Waals surface area contributed by atoms with Crippen molar-refractivity contribution in [1.29, 1.82) is 0 Å². The third-order valence-electron chi connectivity index (χ3n) is 4.16. The first-order chi connectivity index (χ1) is 13.3. The summed E-state index contributed by atoms with van der Waals surface area (Å²) in [5.74, 6) is -1.06. The molecule has 1 atom stereocenters. The van der Waals surface area contributed by atoms with E-state index in [9.17, 15) is 19.1 Å². The van der Waals surface area contributed by atoms with Crippen LogP contribution in [0.5, 0.6) is 17.2 Å². The van der Waals surface area contributed by atoms with Crippen LogP contribution < -0.4 is 19.5 Å². The molecule has 0 fully saturated rings. The Hall–Kier alpha value is -3.29. The van der Waals surface area contributed by atoms with Crippen molar-refractivity contribution < 1.29 is 33.3 Å². The predicted octanol–water partition coefficient (Wildman–Crippen LogP) is 2.64. The number of carboxylic acid groups (broad SMARTS) is 1. The lowest BCUT2D eigenvalue weighted by Crippen LogP contribution is -2.34. The number of hydrogen-bond donors (Lipinski definition) is 2. The zero-order valence-electron chi connectivity index (χ0n) is 16.0. The molecule has 1 amide bonds. The van der Waals surface area contributed by atoms with Gasteiger partial charge < -0.3 is 24.6 Å². The molecule has 2 aromatic carbocycles. The van der Waals surface area contributed by atoms with Crippen LogP contribution in [0.15, 0.2) is 30.3 Å². The van der Waals surface area contributed by atoms with E-state index in [4.69, 9.17) is 14.2 Å². The average molecular weight is 391 g/mol. The summed E-state index contributed by atoms with van der Waals surface area (Å²) in [7, 11) is 4.38. The maximum Gasteiger partial charge on any atom is 0.330 e. The molecule has 0 spiro atoms. The van der Waals surface area contributed by atoms with Gasteiger partial charge in [0.25, 0.3) is 0 Å². The molecular formula is C20H22FNO6. The molecular weight excluding hydrogens is 369 g/mol. The molecule has 150 valence electrons. The summed E-state index contributed by atoms with van der Waals surface area (Å²) in [6, 6.07) is 5.83. The molecule has 8 heteroatoms. The van der Waals surface area contributed by atoms with Crippen molar-refractivity contribution in [3.8, 4) is 17.2 Å². The number of carbonyl (C=O) groups is 2. The highest BCUT2D eigenvalue weighted by atomic mass is 19.1. The van der Waals surface area contributed by atoms with Crippen molar-refractivity contribution in [2.45, 2.75) is 19.4 Å². The fourth-order valence-corrected chi connectivity index (χ4v) is 2.77. The van der Waals surface area contributed by atoms with Gasteiger partial charge in [-0.3, -0.25) is 4.79 Å². The van der Waals surface area contributed by atoms with E-state index in [1.165, 1.54) is 46.5 Å². The highest BCUT2D eigenvalue weighted by molar-refractivity contribution is 5.86. The summed E-state index contributed by atoms with van der Waals surface area (Å²) >= 11 is 0. The maximum absolute atomic E-state index is 13.4. The number of amides is 1. The Morgan fingerprint density at radius 3 is 2.14 bits per heavy atom. The first-order valence-electron chi connectivity index (χ1n) is 8.37. The van der Waals surface area contributed by atoms with E-state index in [-0.39, 0.29) is 12.0 Å². The monoisotopic (exact) mass is 391 g/mol. The second kappa shape index (κ2) is 9.07. The first kappa shape index (κ1) is 21.0. The van der Waals surface area contributed by atoms with E-state index in [1.54, 1.807) is 12.1 Å². The molecule has 0 heterocycles. The van der Waals surface area contributed by atoms with E-state index in [2.05, 4.69) is 5.32 Å². The Bertz CT molecular complexity index is 858. The number of benzene rings is 2. The number of nitrogens with one attached hydrogen (secondary N) is 1. The number of aryl methyl sites for hydroxylation is 1.